The van der Waals surface area contributed by atoms with E-state index in [1.807, 2.05) is 31.2 Å². The molecular weight excluding hydrogens is 176 g/mol. The zero-order valence-corrected chi connectivity index (χ0v) is 9.54. The smallest absolute Gasteiger partial charge is 0.115 e. The number of hydrogen-bond donors (Lipinski definition) is 0. The van der Waals surface area contributed by atoms with Gasteiger partial charge < -0.3 is 9.47 Å². The molecule has 0 bridgehead atoms. The van der Waals surface area contributed by atoms with Crippen molar-refractivity contribution in [1.82, 2.24) is 0 Å². The summed E-state index contributed by atoms with van der Waals surface area (Å²) < 4.78 is 10.3. The van der Waals surface area contributed by atoms with Crippen LogP contribution in [0.5, 0.6) is 0 Å². The van der Waals surface area contributed by atoms with Crippen LogP contribution in [0.3, 0.4) is 0 Å². The minimum Gasteiger partial charge on any atom is -0.492 e. The van der Waals surface area contributed by atoms with E-state index in [4.69, 9.17) is 9.47 Å². The van der Waals surface area contributed by atoms with Crippen LogP contribution in [-0.4, -0.2) is 20.3 Å². The lowest BCUT2D eigenvalue weighted by molar-refractivity contribution is 0.114. The molecule has 0 unspecified atom stereocenters. The maximum atomic E-state index is 5.43. The average molecular weight is 196 g/mol. The summed E-state index contributed by atoms with van der Waals surface area (Å²) in [6, 6.07) is 0. The Kier molecular flexibility index (Phi) is 7.95. The van der Waals surface area contributed by atoms with E-state index in [9.17, 15) is 0 Å². The third kappa shape index (κ3) is 7.62. The van der Waals surface area contributed by atoms with Crippen molar-refractivity contribution in [3.05, 3.63) is 35.6 Å². The van der Waals surface area contributed by atoms with E-state index >= 15 is 0 Å². The maximum absolute atomic E-state index is 5.43. The number of methoxy groups -OCH3 is 1. The van der Waals surface area contributed by atoms with Gasteiger partial charge in [0.15, 0.2) is 0 Å². The van der Waals surface area contributed by atoms with E-state index in [1.54, 1.807) is 7.11 Å². The molecule has 0 radical (unpaired) electrons. The fourth-order valence-electron chi connectivity index (χ4n) is 0.806. The SMILES string of the molecule is C/C=C(/C=C\C=C(C)C)OCCOC. The highest BCUT2D eigenvalue weighted by molar-refractivity contribution is 5.18. The Bertz CT molecular complexity index is 220. The number of hydrogen-bond acceptors (Lipinski definition) is 2. The molecule has 0 atom stereocenters. The van der Waals surface area contributed by atoms with Crippen LogP contribution in [0.15, 0.2) is 35.6 Å². The van der Waals surface area contributed by atoms with Crippen LogP contribution in [0.25, 0.3) is 0 Å². The molecule has 0 aliphatic carbocycles. The predicted octanol–water partition coefficient (Wildman–Crippen LogP) is 3.08. The molecule has 0 aromatic rings. The summed E-state index contributed by atoms with van der Waals surface area (Å²) >= 11 is 0. The molecule has 2 heteroatoms. The summed E-state index contributed by atoms with van der Waals surface area (Å²) in [4.78, 5) is 0. The summed E-state index contributed by atoms with van der Waals surface area (Å²) in [7, 11) is 1.66. The Labute approximate surface area is 86.9 Å². The first-order valence-electron chi connectivity index (χ1n) is 4.80. The lowest BCUT2D eigenvalue weighted by Gasteiger charge is -2.04. The van der Waals surface area contributed by atoms with Gasteiger partial charge in [-0.3, -0.25) is 0 Å². The average Bonchev–Trinajstić information content (AvgIpc) is 2.15. The van der Waals surface area contributed by atoms with Crippen LogP contribution in [0.2, 0.25) is 0 Å². The van der Waals surface area contributed by atoms with Gasteiger partial charge in [0, 0.05) is 7.11 Å². The van der Waals surface area contributed by atoms with Crippen molar-refractivity contribution in [1.29, 1.82) is 0 Å². The fourth-order valence-corrected chi connectivity index (χ4v) is 0.806. The van der Waals surface area contributed by atoms with Crippen molar-refractivity contribution in [2.24, 2.45) is 0 Å². The second kappa shape index (κ2) is 8.57. The quantitative estimate of drug-likeness (QED) is 0.369. The first kappa shape index (κ1) is 13.0. The molecule has 14 heavy (non-hydrogen) atoms. The number of ether oxygens (including phenoxy) is 2. The molecule has 0 aliphatic rings. The van der Waals surface area contributed by atoms with Crippen LogP contribution in [0, 0.1) is 0 Å². The van der Waals surface area contributed by atoms with Gasteiger partial charge in [-0.05, 0) is 32.9 Å². The molecule has 0 saturated heterocycles. The highest BCUT2D eigenvalue weighted by atomic mass is 16.5. The molecule has 0 saturated carbocycles. The highest BCUT2D eigenvalue weighted by Gasteiger charge is 1.89. The van der Waals surface area contributed by atoms with Crippen molar-refractivity contribution in [3.8, 4) is 0 Å². The topological polar surface area (TPSA) is 18.5 Å². The first-order chi connectivity index (χ1) is 6.70. The van der Waals surface area contributed by atoms with Gasteiger partial charge in [0.1, 0.15) is 12.4 Å². The second-order valence-electron chi connectivity index (χ2n) is 3.14. The normalized spacial score (nSPS) is 11.9. The second-order valence-corrected chi connectivity index (χ2v) is 3.14. The molecule has 0 aliphatic heterocycles. The van der Waals surface area contributed by atoms with Gasteiger partial charge in [0.25, 0.3) is 0 Å². The van der Waals surface area contributed by atoms with Gasteiger partial charge in [-0.2, -0.15) is 0 Å². The standard InChI is InChI=1S/C12H20O2/c1-5-12(14-10-9-13-4)8-6-7-11(2)3/h5-8H,9-10H2,1-4H3/b8-6-,12-5-. The minimum absolute atomic E-state index is 0.593. The summed E-state index contributed by atoms with van der Waals surface area (Å²) in [5, 5.41) is 0. The van der Waals surface area contributed by atoms with Crippen molar-refractivity contribution in [2.75, 3.05) is 20.3 Å². The molecule has 0 N–H and O–H groups in total. The van der Waals surface area contributed by atoms with Crippen molar-refractivity contribution >= 4 is 0 Å². The van der Waals surface area contributed by atoms with Gasteiger partial charge in [-0.25, -0.2) is 0 Å². The van der Waals surface area contributed by atoms with Gasteiger partial charge >= 0.3 is 0 Å². The van der Waals surface area contributed by atoms with Crippen LogP contribution >= 0.6 is 0 Å². The molecule has 2 nitrogen and oxygen atoms in total. The Balaban J connectivity index is 3.92. The molecule has 0 aromatic carbocycles. The lowest BCUT2D eigenvalue weighted by Crippen LogP contribution is -2.00. The van der Waals surface area contributed by atoms with Crippen molar-refractivity contribution in [2.45, 2.75) is 20.8 Å². The van der Waals surface area contributed by atoms with Crippen LogP contribution in [-0.2, 0) is 9.47 Å². The van der Waals surface area contributed by atoms with Gasteiger partial charge in [0.05, 0.1) is 6.61 Å². The van der Waals surface area contributed by atoms with Crippen molar-refractivity contribution in [3.63, 3.8) is 0 Å². The molecule has 0 heterocycles. The predicted molar refractivity (Wildman–Crippen MR) is 60.2 cm³/mol. The van der Waals surface area contributed by atoms with Crippen LogP contribution in [0.4, 0.5) is 0 Å². The largest absolute Gasteiger partial charge is 0.492 e. The third-order valence-electron chi connectivity index (χ3n) is 1.53. The minimum atomic E-state index is 0.593. The van der Waals surface area contributed by atoms with Gasteiger partial charge in [-0.1, -0.05) is 17.7 Å². The lowest BCUT2D eigenvalue weighted by atomic mass is 10.3. The monoisotopic (exact) mass is 196 g/mol. The van der Waals surface area contributed by atoms with Crippen molar-refractivity contribution < 1.29 is 9.47 Å². The Morgan fingerprint density at radius 2 is 1.93 bits per heavy atom. The molecule has 0 rings (SSSR count). The molecule has 0 amide bonds. The summed E-state index contributed by atoms with van der Waals surface area (Å²) in [5.74, 6) is 0.875. The number of allylic oxidation sites excluding steroid dienone is 5. The summed E-state index contributed by atoms with van der Waals surface area (Å²) in [5.41, 5.74) is 1.27. The zero-order valence-electron chi connectivity index (χ0n) is 9.54. The Morgan fingerprint density at radius 3 is 2.43 bits per heavy atom. The molecule has 80 valence electrons. The van der Waals surface area contributed by atoms with E-state index in [0.717, 1.165) is 5.76 Å². The first-order valence-corrected chi connectivity index (χ1v) is 4.80. The number of rotatable bonds is 6. The van der Waals surface area contributed by atoms with Gasteiger partial charge in [-0.15, -0.1) is 0 Å². The molecule has 0 spiro atoms. The molecular formula is C12H20O2. The van der Waals surface area contributed by atoms with Gasteiger partial charge in [0.2, 0.25) is 0 Å². The summed E-state index contributed by atoms with van der Waals surface area (Å²) in [6.07, 6.45) is 7.91. The van der Waals surface area contributed by atoms with Crippen LogP contribution in [0.1, 0.15) is 20.8 Å². The van der Waals surface area contributed by atoms with E-state index in [2.05, 4.69) is 13.8 Å². The van der Waals surface area contributed by atoms with E-state index in [0.29, 0.717) is 13.2 Å². The highest BCUT2D eigenvalue weighted by Crippen LogP contribution is 2.00. The van der Waals surface area contributed by atoms with E-state index in [1.165, 1.54) is 5.57 Å². The van der Waals surface area contributed by atoms with E-state index < -0.39 is 0 Å². The Hall–Kier alpha value is -1.02. The third-order valence-corrected chi connectivity index (χ3v) is 1.53. The van der Waals surface area contributed by atoms with E-state index in [-0.39, 0.29) is 0 Å². The van der Waals surface area contributed by atoms with Crippen LogP contribution < -0.4 is 0 Å². The fraction of sp³-hybridized carbons (Fsp3) is 0.500. The molecule has 0 fully saturated rings. The summed E-state index contributed by atoms with van der Waals surface area (Å²) in [6.45, 7) is 7.29. The maximum Gasteiger partial charge on any atom is 0.115 e. The molecule has 0 aromatic heterocycles. The zero-order chi connectivity index (χ0) is 10.8. The Morgan fingerprint density at radius 1 is 1.21 bits per heavy atom.